The molecule has 0 amide bonds. The summed E-state index contributed by atoms with van der Waals surface area (Å²) in [5.41, 5.74) is -0.161. The van der Waals surface area contributed by atoms with Crippen molar-refractivity contribution in [2.45, 2.75) is 25.9 Å². The summed E-state index contributed by atoms with van der Waals surface area (Å²) >= 11 is 0. The molecule has 0 bridgehead atoms. The van der Waals surface area contributed by atoms with Gasteiger partial charge in [-0.05, 0) is 18.6 Å². The highest BCUT2D eigenvalue weighted by molar-refractivity contribution is 5.90. The fourth-order valence-corrected chi connectivity index (χ4v) is 1.68. The van der Waals surface area contributed by atoms with Gasteiger partial charge < -0.3 is 19.4 Å². The Bertz CT molecular complexity index is 570. The molecule has 8 heteroatoms. The number of carbonyl (C=O) groups is 1. The van der Waals surface area contributed by atoms with Crippen molar-refractivity contribution in [1.82, 2.24) is 0 Å². The van der Waals surface area contributed by atoms with Crippen molar-refractivity contribution < 1.29 is 29.3 Å². The van der Waals surface area contributed by atoms with Crippen molar-refractivity contribution in [1.29, 1.82) is 0 Å². The van der Waals surface area contributed by atoms with Crippen LogP contribution < -0.4 is 9.47 Å². The maximum Gasteiger partial charge on any atom is 0.341 e. The number of carbonyl (C=O) groups excluding carboxylic acids is 1. The number of ether oxygens (including phenoxy) is 2. The molecule has 0 aliphatic heterocycles. The zero-order valence-electron chi connectivity index (χ0n) is 12.3. The van der Waals surface area contributed by atoms with E-state index >= 15 is 0 Å². The number of esters is 1. The fourth-order valence-electron chi connectivity index (χ4n) is 1.68. The molecule has 1 rings (SSSR count). The number of phenols is 1. The van der Waals surface area contributed by atoms with E-state index in [1.807, 2.05) is 0 Å². The smallest absolute Gasteiger partial charge is 0.341 e. The van der Waals surface area contributed by atoms with Crippen LogP contribution in [0.15, 0.2) is 30.4 Å². The minimum absolute atomic E-state index is 0.108. The van der Waals surface area contributed by atoms with Gasteiger partial charge in [0.15, 0.2) is 11.5 Å². The summed E-state index contributed by atoms with van der Waals surface area (Å²) in [6.07, 6.45) is -0.238. The molecular formula is C14H17NO7. The maximum absolute atomic E-state index is 12.0. The summed E-state index contributed by atoms with van der Waals surface area (Å²) in [5.74, 6) is -0.727. The van der Waals surface area contributed by atoms with Crippen molar-refractivity contribution in [3.8, 4) is 17.2 Å². The average molecular weight is 311 g/mol. The van der Waals surface area contributed by atoms with E-state index in [4.69, 9.17) is 9.47 Å². The average Bonchev–Trinajstić information content (AvgIpc) is 2.47. The van der Waals surface area contributed by atoms with Crippen molar-refractivity contribution in [3.05, 3.63) is 40.5 Å². The lowest BCUT2D eigenvalue weighted by atomic mass is 10.1. The summed E-state index contributed by atoms with van der Waals surface area (Å²) in [4.78, 5) is 26.8. The molecule has 0 spiro atoms. The van der Waals surface area contributed by atoms with Crippen LogP contribution in [0, 0.1) is 10.1 Å². The molecule has 0 aliphatic carbocycles. The lowest BCUT2D eigenvalue weighted by Gasteiger charge is -2.16. The van der Waals surface area contributed by atoms with E-state index in [2.05, 4.69) is 11.4 Å². The second-order valence-electron chi connectivity index (χ2n) is 4.35. The number of aromatic hydroxyl groups is 1. The Balaban J connectivity index is 2.81. The van der Waals surface area contributed by atoms with E-state index in [0.29, 0.717) is 6.42 Å². The molecular weight excluding hydrogens is 294 g/mol. The van der Waals surface area contributed by atoms with Crippen LogP contribution in [-0.2, 0) is 9.63 Å². The van der Waals surface area contributed by atoms with E-state index in [9.17, 15) is 20.0 Å². The molecule has 0 heterocycles. The second kappa shape index (κ2) is 7.87. The molecule has 1 aromatic carbocycles. The Labute approximate surface area is 127 Å². The van der Waals surface area contributed by atoms with E-state index in [1.54, 1.807) is 6.92 Å². The number of benzene rings is 1. The molecule has 0 aromatic heterocycles. The number of rotatable bonds is 8. The fraction of sp³-hybridized carbons (Fsp3) is 0.357. The second-order valence-corrected chi connectivity index (χ2v) is 4.35. The Hall–Kier alpha value is -2.77. The molecule has 1 N–H and O–H groups in total. The quantitative estimate of drug-likeness (QED) is 0.258. The van der Waals surface area contributed by atoms with E-state index in [1.165, 1.54) is 25.3 Å². The summed E-state index contributed by atoms with van der Waals surface area (Å²) < 4.78 is 9.94. The number of hydrogen-bond donors (Lipinski definition) is 1. The van der Waals surface area contributed by atoms with Crippen LogP contribution in [0.5, 0.6) is 17.2 Å². The summed E-state index contributed by atoms with van der Waals surface area (Å²) in [6.45, 7) is 5.29. The third-order valence-electron chi connectivity index (χ3n) is 2.78. The van der Waals surface area contributed by atoms with E-state index in [0.717, 1.165) is 0 Å². The van der Waals surface area contributed by atoms with Crippen LogP contribution in [0.2, 0.25) is 0 Å². The maximum atomic E-state index is 12.0. The predicted molar refractivity (Wildman–Crippen MR) is 76.2 cm³/mol. The zero-order chi connectivity index (χ0) is 16.7. The summed E-state index contributed by atoms with van der Waals surface area (Å²) in [7, 11) is 1.35. The summed E-state index contributed by atoms with van der Waals surface area (Å²) in [5, 5.41) is 18.9. The lowest BCUT2D eigenvalue weighted by Crippen LogP contribution is -2.26. The highest BCUT2D eigenvalue weighted by atomic mass is 17.0. The van der Waals surface area contributed by atoms with E-state index in [-0.39, 0.29) is 29.2 Å². The molecule has 1 unspecified atom stereocenters. The van der Waals surface area contributed by atoms with Crippen molar-refractivity contribution >= 4 is 5.97 Å². The number of methoxy groups -OCH3 is 1. The van der Waals surface area contributed by atoms with Gasteiger partial charge in [0.1, 0.15) is 11.9 Å². The molecule has 0 saturated heterocycles. The van der Waals surface area contributed by atoms with Gasteiger partial charge in [-0.1, -0.05) is 19.9 Å². The Morgan fingerprint density at radius 3 is 2.73 bits per heavy atom. The first kappa shape index (κ1) is 17.3. The highest BCUT2D eigenvalue weighted by Gasteiger charge is 2.24. The molecule has 1 aromatic rings. The van der Waals surface area contributed by atoms with Gasteiger partial charge in [-0.3, -0.25) is 0 Å². The monoisotopic (exact) mass is 311 g/mol. The molecule has 8 nitrogen and oxygen atoms in total. The third kappa shape index (κ3) is 4.65. The SMILES string of the molecule is C=C(C(=O)Oc1ccc(O)c(OC)c1)C(CCC)O[N+](=O)[O-]. The van der Waals surface area contributed by atoms with Gasteiger partial charge in [0.2, 0.25) is 0 Å². The highest BCUT2D eigenvalue weighted by Crippen LogP contribution is 2.30. The van der Waals surface area contributed by atoms with Gasteiger partial charge in [-0.2, -0.15) is 0 Å². The third-order valence-corrected chi connectivity index (χ3v) is 2.78. The number of hydrogen-bond acceptors (Lipinski definition) is 7. The zero-order valence-corrected chi connectivity index (χ0v) is 12.3. The normalized spacial score (nSPS) is 11.4. The number of phenolic OH excluding ortho intramolecular Hbond substituents is 1. The summed E-state index contributed by atoms with van der Waals surface area (Å²) in [6, 6.07) is 3.96. The minimum Gasteiger partial charge on any atom is -0.504 e. The van der Waals surface area contributed by atoms with Gasteiger partial charge in [0, 0.05) is 6.07 Å². The number of nitrogens with zero attached hydrogens (tertiary/aromatic N) is 1. The molecule has 1 atom stereocenters. The molecule has 0 fully saturated rings. The molecule has 0 saturated carbocycles. The lowest BCUT2D eigenvalue weighted by molar-refractivity contribution is -0.766. The molecule has 0 aliphatic rings. The van der Waals surface area contributed by atoms with Crippen LogP contribution >= 0.6 is 0 Å². The molecule has 22 heavy (non-hydrogen) atoms. The van der Waals surface area contributed by atoms with Gasteiger partial charge in [-0.25, -0.2) is 4.79 Å². The van der Waals surface area contributed by atoms with Crippen LogP contribution in [-0.4, -0.2) is 29.4 Å². The first-order valence-corrected chi connectivity index (χ1v) is 6.48. The van der Waals surface area contributed by atoms with Gasteiger partial charge in [-0.15, -0.1) is 10.1 Å². The van der Waals surface area contributed by atoms with Crippen LogP contribution in [0.25, 0.3) is 0 Å². The molecule has 0 radical (unpaired) electrons. The Kier molecular flexibility index (Phi) is 6.18. The van der Waals surface area contributed by atoms with Crippen LogP contribution in [0.1, 0.15) is 19.8 Å². The van der Waals surface area contributed by atoms with Gasteiger partial charge >= 0.3 is 5.97 Å². The Morgan fingerprint density at radius 1 is 1.50 bits per heavy atom. The first-order valence-electron chi connectivity index (χ1n) is 6.48. The Morgan fingerprint density at radius 2 is 2.18 bits per heavy atom. The van der Waals surface area contributed by atoms with Crippen molar-refractivity contribution in [2.75, 3.05) is 7.11 Å². The van der Waals surface area contributed by atoms with Gasteiger partial charge in [0.05, 0.1) is 12.7 Å². The molecule has 120 valence electrons. The largest absolute Gasteiger partial charge is 0.504 e. The topological polar surface area (TPSA) is 108 Å². The first-order chi connectivity index (χ1) is 10.4. The van der Waals surface area contributed by atoms with Crippen molar-refractivity contribution in [3.63, 3.8) is 0 Å². The predicted octanol–water partition coefficient (Wildman–Crippen LogP) is 2.24. The minimum atomic E-state index is -1.06. The van der Waals surface area contributed by atoms with Crippen LogP contribution in [0.3, 0.4) is 0 Å². The van der Waals surface area contributed by atoms with Crippen molar-refractivity contribution in [2.24, 2.45) is 0 Å². The standard InChI is InChI=1S/C14H17NO7/c1-4-5-12(22-15(18)19)9(2)14(17)21-10-6-7-11(16)13(8-10)20-3/h6-8,12,16H,2,4-5H2,1,3H3. The van der Waals surface area contributed by atoms with Crippen LogP contribution in [0.4, 0.5) is 0 Å². The van der Waals surface area contributed by atoms with E-state index < -0.39 is 17.2 Å². The van der Waals surface area contributed by atoms with Gasteiger partial charge in [0.25, 0.3) is 5.09 Å².